The number of ether oxygens (including phenoxy) is 2. The van der Waals surface area contributed by atoms with Crippen molar-refractivity contribution in [2.75, 3.05) is 44.8 Å². The summed E-state index contributed by atoms with van der Waals surface area (Å²) in [5, 5.41) is 3.16. The Morgan fingerprint density at radius 1 is 1.39 bits per heavy atom. The first-order chi connectivity index (χ1) is 8.83. The molecule has 1 aliphatic rings. The maximum Gasteiger partial charge on any atom is 0.119 e. The second-order valence-corrected chi connectivity index (χ2v) is 4.42. The van der Waals surface area contributed by atoms with Gasteiger partial charge in [0, 0.05) is 25.3 Å². The van der Waals surface area contributed by atoms with Crippen LogP contribution in [0, 0.1) is 0 Å². The second kappa shape index (κ2) is 6.61. The molecule has 1 unspecified atom stereocenters. The van der Waals surface area contributed by atoms with Gasteiger partial charge in [-0.05, 0) is 38.2 Å². The van der Waals surface area contributed by atoms with Crippen molar-refractivity contribution in [1.29, 1.82) is 0 Å². The molecule has 1 aromatic rings. The molecule has 0 saturated carbocycles. The van der Waals surface area contributed by atoms with Gasteiger partial charge in [0.25, 0.3) is 0 Å². The van der Waals surface area contributed by atoms with E-state index in [0.717, 1.165) is 32.0 Å². The van der Waals surface area contributed by atoms with E-state index >= 15 is 0 Å². The van der Waals surface area contributed by atoms with E-state index in [1.54, 1.807) is 0 Å². The number of nitrogens with zero attached hydrogens (tertiary/aromatic N) is 1. The number of anilines is 1. The van der Waals surface area contributed by atoms with Crippen molar-refractivity contribution < 1.29 is 9.47 Å². The standard InChI is InChI=1S/C14H22N2O2/c1-3-17-13-6-4-12(5-7-13)16-8-9-18-14(11-16)10-15-2/h4-7,14-15H,3,8-11H2,1-2H3. The van der Waals surface area contributed by atoms with Crippen LogP contribution < -0.4 is 15.0 Å². The molecule has 0 spiro atoms. The minimum absolute atomic E-state index is 0.273. The van der Waals surface area contributed by atoms with Gasteiger partial charge in [-0.2, -0.15) is 0 Å². The maximum atomic E-state index is 5.70. The summed E-state index contributed by atoms with van der Waals surface area (Å²) in [5.74, 6) is 0.932. The van der Waals surface area contributed by atoms with Crippen LogP contribution in [-0.2, 0) is 4.74 Å². The SMILES string of the molecule is CCOc1ccc(N2CCOC(CNC)C2)cc1. The molecule has 1 aromatic carbocycles. The largest absolute Gasteiger partial charge is 0.494 e. The zero-order valence-electron chi connectivity index (χ0n) is 11.2. The summed E-state index contributed by atoms with van der Waals surface area (Å²) in [5.41, 5.74) is 1.24. The minimum atomic E-state index is 0.273. The molecule has 0 aromatic heterocycles. The first-order valence-corrected chi connectivity index (χ1v) is 6.57. The maximum absolute atomic E-state index is 5.70. The lowest BCUT2D eigenvalue weighted by Crippen LogP contribution is -2.46. The minimum Gasteiger partial charge on any atom is -0.494 e. The predicted octanol–water partition coefficient (Wildman–Crippen LogP) is 1.51. The topological polar surface area (TPSA) is 33.7 Å². The van der Waals surface area contributed by atoms with E-state index in [1.165, 1.54) is 5.69 Å². The van der Waals surface area contributed by atoms with Crippen molar-refractivity contribution in [2.24, 2.45) is 0 Å². The molecule has 1 N–H and O–H groups in total. The summed E-state index contributed by atoms with van der Waals surface area (Å²) in [6, 6.07) is 8.29. The molecular formula is C14H22N2O2. The molecule has 1 fully saturated rings. The van der Waals surface area contributed by atoms with E-state index in [4.69, 9.17) is 9.47 Å². The van der Waals surface area contributed by atoms with Gasteiger partial charge in [-0.25, -0.2) is 0 Å². The highest BCUT2D eigenvalue weighted by Crippen LogP contribution is 2.21. The van der Waals surface area contributed by atoms with Gasteiger partial charge >= 0.3 is 0 Å². The van der Waals surface area contributed by atoms with Gasteiger partial charge in [0.2, 0.25) is 0 Å². The predicted molar refractivity (Wildman–Crippen MR) is 73.5 cm³/mol. The molecule has 1 atom stereocenters. The van der Waals surface area contributed by atoms with Crippen molar-refractivity contribution in [2.45, 2.75) is 13.0 Å². The van der Waals surface area contributed by atoms with Gasteiger partial charge in [0.05, 0.1) is 19.3 Å². The molecule has 4 heteroatoms. The Morgan fingerprint density at radius 3 is 2.83 bits per heavy atom. The van der Waals surface area contributed by atoms with E-state index in [-0.39, 0.29) is 6.10 Å². The highest BCUT2D eigenvalue weighted by molar-refractivity contribution is 5.49. The van der Waals surface area contributed by atoms with Crippen molar-refractivity contribution >= 4 is 5.69 Å². The number of rotatable bonds is 5. The van der Waals surface area contributed by atoms with Crippen LogP contribution in [0.15, 0.2) is 24.3 Å². The normalized spacial score (nSPS) is 19.9. The third kappa shape index (κ3) is 3.37. The molecule has 4 nitrogen and oxygen atoms in total. The summed E-state index contributed by atoms with van der Waals surface area (Å²) in [6.45, 7) is 6.29. The number of hydrogen-bond donors (Lipinski definition) is 1. The van der Waals surface area contributed by atoms with E-state index in [9.17, 15) is 0 Å². The molecule has 0 bridgehead atoms. The Morgan fingerprint density at radius 2 is 2.17 bits per heavy atom. The zero-order chi connectivity index (χ0) is 12.8. The summed E-state index contributed by atoms with van der Waals surface area (Å²) < 4.78 is 11.2. The molecule has 0 amide bonds. The number of benzene rings is 1. The van der Waals surface area contributed by atoms with Crippen LogP contribution in [0.4, 0.5) is 5.69 Å². The molecule has 0 aliphatic carbocycles. The fraction of sp³-hybridized carbons (Fsp3) is 0.571. The van der Waals surface area contributed by atoms with Gasteiger partial charge in [-0.1, -0.05) is 0 Å². The third-order valence-electron chi connectivity index (χ3n) is 3.08. The molecule has 1 aliphatic heterocycles. The number of likely N-dealkylation sites (N-methyl/N-ethyl adjacent to an activating group) is 1. The van der Waals surface area contributed by atoms with E-state index in [2.05, 4.69) is 22.3 Å². The average molecular weight is 250 g/mol. The lowest BCUT2D eigenvalue weighted by molar-refractivity contribution is 0.0422. The first-order valence-electron chi connectivity index (χ1n) is 6.57. The molecule has 1 heterocycles. The number of morpholine rings is 1. The van der Waals surface area contributed by atoms with E-state index in [1.807, 2.05) is 26.1 Å². The van der Waals surface area contributed by atoms with Crippen molar-refractivity contribution in [3.05, 3.63) is 24.3 Å². The Kier molecular flexibility index (Phi) is 4.84. The van der Waals surface area contributed by atoms with Crippen LogP contribution in [0.2, 0.25) is 0 Å². The van der Waals surface area contributed by atoms with Gasteiger partial charge in [0.1, 0.15) is 5.75 Å². The lowest BCUT2D eigenvalue weighted by atomic mass is 10.2. The van der Waals surface area contributed by atoms with Crippen molar-refractivity contribution in [3.63, 3.8) is 0 Å². The molecule has 1 saturated heterocycles. The van der Waals surface area contributed by atoms with Crippen LogP contribution in [0.1, 0.15) is 6.92 Å². The third-order valence-corrected chi connectivity index (χ3v) is 3.08. The number of nitrogens with one attached hydrogen (secondary N) is 1. The van der Waals surface area contributed by atoms with Crippen LogP contribution >= 0.6 is 0 Å². The Bertz CT molecular complexity index is 351. The summed E-state index contributed by atoms with van der Waals surface area (Å²) >= 11 is 0. The highest BCUT2D eigenvalue weighted by Gasteiger charge is 2.19. The Hall–Kier alpha value is -1.26. The molecule has 18 heavy (non-hydrogen) atoms. The van der Waals surface area contributed by atoms with Crippen molar-refractivity contribution in [3.8, 4) is 5.75 Å². The van der Waals surface area contributed by atoms with Gasteiger partial charge in [-0.15, -0.1) is 0 Å². The van der Waals surface area contributed by atoms with Crippen LogP contribution in [0.25, 0.3) is 0 Å². The van der Waals surface area contributed by atoms with Gasteiger partial charge < -0.3 is 19.7 Å². The van der Waals surface area contributed by atoms with Crippen molar-refractivity contribution in [1.82, 2.24) is 5.32 Å². The van der Waals surface area contributed by atoms with Crippen LogP contribution in [-0.4, -0.2) is 46.0 Å². The second-order valence-electron chi connectivity index (χ2n) is 4.42. The average Bonchev–Trinajstić information content (AvgIpc) is 2.41. The smallest absolute Gasteiger partial charge is 0.119 e. The number of hydrogen-bond acceptors (Lipinski definition) is 4. The van der Waals surface area contributed by atoms with Gasteiger partial charge in [-0.3, -0.25) is 0 Å². The molecular weight excluding hydrogens is 228 g/mol. The van der Waals surface area contributed by atoms with E-state index in [0.29, 0.717) is 6.61 Å². The summed E-state index contributed by atoms with van der Waals surface area (Å²) in [7, 11) is 1.96. The molecule has 100 valence electrons. The van der Waals surface area contributed by atoms with E-state index < -0.39 is 0 Å². The fourth-order valence-corrected chi connectivity index (χ4v) is 2.22. The summed E-state index contributed by atoms with van der Waals surface area (Å²) in [6.07, 6.45) is 0.273. The Labute approximate surface area is 109 Å². The zero-order valence-corrected chi connectivity index (χ0v) is 11.2. The fourth-order valence-electron chi connectivity index (χ4n) is 2.22. The van der Waals surface area contributed by atoms with Gasteiger partial charge in [0.15, 0.2) is 0 Å². The van der Waals surface area contributed by atoms with Crippen LogP contribution in [0.5, 0.6) is 5.75 Å². The Balaban J connectivity index is 1.97. The monoisotopic (exact) mass is 250 g/mol. The molecule has 0 radical (unpaired) electrons. The highest BCUT2D eigenvalue weighted by atomic mass is 16.5. The first kappa shape index (κ1) is 13.2. The summed E-state index contributed by atoms with van der Waals surface area (Å²) in [4.78, 5) is 2.36. The quantitative estimate of drug-likeness (QED) is 0.859. The lowest BCUT2D eigenvalue weighted by Gasteiger charge is -2.34. The van der Waals surface area contributed by atoms with Crippen LogP contribution in [0.3, 0.4) is 0 Å². The molecule has 2 rings (SSSR count).